The van der Waals surface area contributed by atoms with Gasteiger partial charge in [-0.25, -0.2) is 4.68 Å². The fourth-order valence-electron chi connectivity index (χ4n) is 2.35. The van der Waals surface area contributed by atoms with Gasteiger partial charge in [0.05, 0.1) is 12.2 Å². The Labute approximate surface area is 113 Å². The van der Waals surface area contributed by atoms with E-state index in [2.05, 4.69) is 42.4 Å². The Morgan fingerprint density at radius 1 is 1.21 bits per heavy atom. The lowest BCUT2D eigenvalue weighted by Crippen LogP contribution is -2.11. The molecule has 1 heterocycles. The number of hydrogen-bond donors (Lipinski definition) is 0. The molecule has 4 nitrogen and oxygen atoms in total. The van der Waals surface area contributed by atoms with Crippen LogP contribution in [0.1, 0.15) is 49.6 Å². The molecule has 4 heteroatoms. The minimum atomic E-state index is 0.341. The summed E-state index contributed by atoms with van der Waals surface area (Å²) in [6.07, 6.45) is 1.99. The Hall–Kier alpha value is -2.15. The zero-order valence-electron chi connectivity index (χ0n) is 11.4. The van der Waals surface area contributed by atoms with Crippen LogP contribution in [0.25, 0.3) is 0 Å². The average Bonchev–Trinajstić information content (AvgIpc) is 2.85. The quantitative estimate of drug-likeness (QED) is 0.823. The molecule has 0 N–H and O–H groups in total. The number of nitrogens with zero attached hydrogens (tertiary/aromatic N) is 4. The molecule has 2 aromatic rings. The molecule has 0 spiro atoms. The van der Waals surface area contributed by atoms with Gasteiger partial charge in [-0.3, -0.25) is 0 Å². The van der Waals surface area contributed by atoms with Gasteiger partial charge in [0, 0.05) is 5.92 Å². The Kier molecular flexibility index (Phi) is 4.30. The summed E-state index contributed by atoms with van der Waals surface area (Å²) in [4.78, 5) is 0. The van der Waals surface area contributed by atoms with Crippen molar-refractivity contribution in [2.75, 3.05) is 0 Å². The van der Waals surface area contributed by atoms with Crippen molar-refractivity contribution in [3.63, 3.8) is 0 Å². The molecule has 0 atom stereocenters. The second-order valence-corrected chi connectivity index (χ2v) is 4.59. The van der Waals surface area contributed by atoms with Gasteiger partial charge in [0.25, 0.3) is 0 Å². The predicted octanol–water partition coefficient (Wildman–Crippen LogP) is 3.10. The van der Waals surface area contributed by atoms with E-state index in [1.54, 1.807) is 0 Å². The van der Waals surface area contributed by atoms with Gasteiger partial charge >= 0.3 is 0 Å². The number of rotatable bonds is 5. The maximum Gasteiger partial charge on any atom is 0.186 e. The Balaban J connectivity index is 2.36. The van der Waals surface area contributed by atoms with Crippen LogP contribution in [0.15, 0.2) is 30.3 Å². The van der Waals surface area contributed by atoms with Crippen molar-refractivity contribution < 1.29 is 0 Å². The lowest BCUT2D eigenvalue weighted by atomic mass is 9.97. The van der Waals surface area contributed by atoms with Crippen molar-refractivity contribution in [3.8, 4) is 6.07 Å². The molecule has 1 aromatic carbocycles. The second kappa shape index (κ2) is 6.14. The van der Waals surface area contributed by atoms with Crippen LogP contribution in [0.2, 0.25) is 0 Å². The number of benzene rings is 1. The van der Waals surface area contributed by atoms with Crippen LogP contribution in [0, 0.1) is 11.3 Å². The molecule has 0 aliphatic rings. The molecular weight excluding hydrogens is 236 g/mol. The molecule has 0 amide bonds. The van der Waals surface area contributed by atoms with Gasteiger partial charge in [-0.15, -0.1) is 5.10 Å². The molecule has 0 radical (unpaired) electrons. The van der Waals surface area contributed by atoms with Crippen LogP contribution in [0.3, 0.4) is 0 Å². The molecule has 2 rings (SSSR count). The number of aromatic nitrogens is 3. The first-order chi connectivity index (χ1) is 9.30. The highest BCUT2D eigenvalue weighted by atomic mass is 15.4. The molecule has 98 valence electrons. The summed E-state index contributed by atoms with van der Waals surface area (Å²) in [5.74, 6) is 0.341. The maximum absolute atomic E-state index is 9.17. The van der Waals surface area contributed by atoms with E-state index in [4.69, 9.17) is 0 Å². The Bertz CT molecular complexity index is 562. The molecule has 19 heavy (non-hydrogen) atoms. The molecular formula is C15H18N4. The molecule has 0 saturated carbocycles. The molecule has 0 saturated heterocycles. The summed E-state index contributed by atoms with van der Waals surface area (Å²) in [5, 5.41) is 17.3. The predicted molar refractivity (Wildman–Crippen MR) is 73.6 cm³/mol. The van der Waals surface area contributed by atoms with Crippen LogP contribution in [0.4, 0.5) is 0 Å². The highest BCUT2D eigenvalue weighted by Crippen LogP contribution is 2.25. The average molecular weight is 254 g/mol. The van der Waals surface area contributed by atoms with E-state index < -0.39 is 0 Å². The molecule has 0 aliphatic heterocycles. The zero-order valence-corrected chi connectivity index (χ0v) is 11.4. The zero-order chi connectivity index (χ0) is 13.7. The maximum atomic E-state index is 9.17. The molecule has 0 bridgehead atoms. The van der Waals surface area contributed by atoms with E-state index in [0.29, 0.717) is 18.2 Å². The highest BCUT2D eigenvalue weighted by Gasteiger charge is 2.20. The van der Waals surface area contributed by atoms with Gasteiger partial charge in [0.15, 0.2) is 5.69 Å². The minimum Gasteiger partial charge on any atom is -0.243 e. The monoisotopic (exact) mass is 254 g/mol. The first-order valence-corrected chi connectivity index (χ1v) is 6.67. The summed E-state index contributed by atoms with van der Waals surface area (Å²) in [7, 11) is 0. The highest BCUT2D eigenvalue weighted by molar-refractivity contribution is 5.28. The van der Waals surface area contributed by atoms with Crippen molar-refractivity contribution in [3.05, 3.63) is 47.3 Å². The summed E-state index contributed by atoms with van der Waals surface area (Å²) in [5.41, 5.74) is 2.60. The standard InChI is InChI=1S/C15H18N4/c1-3-13(4-2)15-14(10-16)17-18-19(15)11-12-8-6-5-7-9-12/h5-9,13H,3-4,11H2,1-2H3. The Morgan fingerprint density at radius 2 is 1.89 bits per heavy atom. The first-order valence-electron chi connectivity index (χ1n) is 6.67. The van der Waals surface area contributed by atoms with Crippen LogP contribution >= 0.6 is 0 Å². The fourth-order valence-corrected chi connectivity index (χ4v) is 2.35. The van der Waals surface area contributed by atoms with E-state index in [1.807, 2.05) is 22.9 Å². The molecule has 0 fully saturated rings. The number of hydrogen-bond acceptors (Lipinski definition) is 3. The van der Waals surface area contributed by atoms with E-state index in [-0.39, 0.29) is 0 Å². The smallest absolute Gasteiger partial charge is 0.186 e. The van der Waals surface area contributed by atoms with Crippen LogP contribution < -0.4 is 0 Å². The lowest BCUT2D eigenvalue weighted by molar-refractivity contribution is 0.543. The van der Waals surface area contributed by atoms with Crippen molar-refractivity contribution in [2.24, 2.45) is 0 Å². The fraction of sp³-hybridized carbons (Fsp3) is 0.400. The van der Waals surface area contributed by atoms with E-state index in [9.17, 15) is 5.26 Å². The normalized spacial score (nSPS) is 10.6. The summed E-state index contributed by atoms with van der Waals surface area (Å²) in [6, 6.07) is 12.3. The molecule has 1 aromatic heterocycles. The van der Waals surface area contributed by atoms with Crippen molar-refractivity contribution in [1.29, 1.82) is 5.26 Å². The van der Waals surface area contributed by atoms with Gasteiger partial charge in [-0.2, -0.15) is 5.26 Å². The van der Waals surface area contributed by atoms with Crippen molar-refractivity contribution in [2.45, 2.75) is 39.2 Å². The van der Waals surface area contributed by atoms with Crippen LogP contribution in [-0.4, -0.2) is 15.0 Å². The van der Waals surface area contributed by atoms with Gasteiger partial charge in [0.1, 0.15) is 6.07 Å². The van der Waals surface area contributed by atoms with Crippen LogP contribution in [0.5, 0.6) is 0 Å². The topological polar surface area (TPSA) is 54.5 Å². The largest absolute Gasteiger partial charge is 0.243 e. The van der Waals surface area contributed by atoms with E-state index >= 15 is 0 Å². The molecule has 0 unspecified atom stereocenters. The van der Waals surface area contributed by atoms with Crippen molar-refractivity contribution >= 4 is 0 Å². The van der Waals surface area contributed by atoms with Gasteiger partial charge in [-0.05, 0) is 18.4 Å². The summed E-state index contributed by atoms with van der Waals surface area (Å²) < 4.78 is 1.87. The van der Waals surface area contributed by atoms with Gasteiger partial charge in [-0.1, -0.05) is 49.4 Å². The van der Waals surface area contributed by atoms with E-state index in [1.165, 1.54) is 5.56 Å². The van der Waals surface area contributed by atoms with Crippen molar-refractivity contribution in [1.82, 2.24) is 15.0 Å². The molecule has 0 aliphatic carbocycles. The third-order valence-electron chi connectivity index (χ3n) is 3.43. The third-order valence-corrected chi connectivity index (χ3v) is 3.43. The Morgan fingerprint density at radius 3 is 2.47 bits per heavy atom. The van der Waals surface area contributed by atoms with E-state index in [0.717, 1.165) is 18.5 Å². The first kappa shape index (κ1) is 13.3. The minimum absolute atomic E-state index is 0.341. The number of nitriles is 1. The third kappa shape index (κ3) is 2.82. The van der Waals surface area contributed by atoms with Gasteiger partial charge < -0.3 is 0 Å². The SMILES string of the molecule is CCC(CC)c1c(C#N)nnn1Cc1ccccc1. The summed E-state index contributed by atoms with van der Waals surface area (Å²) in [6.45, 7) is 4.94. The van der Waals surface area contributed by atoms with Crippen LogP contribution in [-0.2, 0) is 6.54 Å². The summed E-state index contributed by atoms with van der Waals surface area (Å²) >= 11 is 0. The second-order valence-electron chi connectivity index (χ2n) is 4.59. The van der Waals surface area contributed by atoms with Gasteiger partial charge in [0.2, 0.25) is 0 Å². The lowest BCUT2D eigenvalue weighted by Gasteiger charge is -2.14.